The van der Waals surface area contributed by atoms with Gasteiger partial charge in [-0.15, -0.1) is 0 Å². The molecule has 0 radical (unpaired) electrons. The molecule has 4 heteroatoms. The fourth-order valence-corrected chi connectivity index (χ4v) is 2.13. The Labute approximate surface area is 97.0 Å². The van der Waals surface area contributed by atoms with Crippen molar-refractivity contribution >= 4 is 15.9 Å². The molecule has 1 atom stereocenters. The molecule has 0 saturated heterocycles. The van der Waals surface area contributed by atoms with E-state index in [4.69, 9.17) is 0 Å². The Kier molecular flexibility index (Phi) is 4.67. The zero-order valence-electron chi connectivity index (χ0n) is 8.78. The molecule has 0 spiro atoms. The van der Waals surface area contributed by atoms with Gasteiger partial charge >= 0.3 is 0 Å². The lowest BCUT2D eigenvalue weighted by Crippen LogP contribution is -2.20. The first-order valence-corrected chi connectivity index (χ1v) is 5.77. The van der Waals surface area contributed by atoms with Crippen molar-refractivity contribution < 1.29 is 8.78 Å². The average molecular weight is 278 g/mol. The van der Waals surface area contributed by atoms with Crippen LogP contribution in [-0.2, 0) is 0 Å². The number of hydrogen-bond acceptors (Lipinski definition) is 1. The second-order valence-corrected chi connectivity index (χ2v) is 4.08. The molecule has 0 fully saturated rings. The van der Waals surface area contributed by atoms with Crippen LogP contribution in [0.1, 0.15) is 31.9 Å². The van der Waals surface area contributed by atoms with Crippen LogP contribution < -0.4 is 5.32 Å². The van der Waals surface area contributed by atoms with Crippen LogP contribution in [-0.4, -0.2) is 6.54 Å². The predicted octanol–water partition coefficient (Wildman–Crippen LogP) is 3.79. The third kappa shape index (κ3) is 2.75. The molecule has 15 heavy (non-hydrogen) atoms. The first-order chi connectivity index (χ1) is 7.11. The summed E-state index contributed by atoms with van der Waals surface area (Å²) in [7, 11) is 0. The van der Waals surface area contributed by atoms with Gasteiger partial charge in [-0.25, -0.2) is 8.78 Å². The van der Waals surface area contributed by atoms with E-state index < -0.39 is 11.6 Å². The first-order valence-electron chi connectivity index (χ1n) is 4.98. The van der Waals surface area contributed by atoms with Gasteiger partial charge in [0.2, 0.25) is 0 Å². The summed E-state index contributed by atoms with van der Waals surface area (Å²) in [5.41, 5.74) is 0.762. The van der Waals surface area contributed by atoms with Crippen LogP contribution in [0.2, 0.25) is 0 Å². The lowest BCUT2D eigenvalue weighted by molar-refractivity contribution is 0.488. The molecule has 0 aromatic heterocycles. The van der Waals surface area contributed by atoms with E-state index >= 15 is 0 Å². The van der Waals surface area contributed by atoms with Gasteiger partial charge in [0.05, 0.1) is 4.47 Å². The van der Waals surface area contributed by atoms with E-state index in [0.29, 0.717) is 0 Å². The molecule has 1 rings (SSSR count). The second kappa shape index (κ2) is 5.56. The van der Waals surface area contributed by atoms with Crippen LogP contribution in [0.3, 0.4) is 0 Å². The van der Waals surface area contributed by atoms with Crippen LogP contribution in [0.15, 0.2) is 16.6 Å². The lowest BCUT2D eigenvalue weighted by atomic mass is 10.0. The fraction of sp³-hybridized carbons (Fsp3) is 0.455. The van der Waals surface area contributed by atoms with Crippen molar-refractivity contribution in [1.29, 1.82) is 0 Å². The zero-order chi connectivity index (χ0) is 11.4. The molecule has 1 nitrogen and oxygen atoms in total. The number of benzene rings is 1. The van der Waals surface area contributed by atoms with Crippen LogP contribution in [0.25, 0.3) is 0 Å². The molecular formula is C11H14BrF2N. The Morgan fingerprint density at radius 1 is 1.33 bits per heavy atom. The van der Waals surface area contributed by atoms with E-state index in [1.165, 1.54) is 0 Å². The molecule has 0 bridgehead atoms. The largest absolute Gasteiger partial charge is 0.310 e. The molecule has 0 aliphatic heterocycles. The Bertz CT molecular complexity index is 342. The van der Waals surface area contributed by atoms with Crippen LogP contribution in [0.4, 0.5) is 8.78 Å². The van der Waals surface area contributed by atoms with E-state index in [1.54, 1.807) is 6.07 Å². The molecule has 1 aromatic rings. The van der Waals surface area contributed by atoms with Crippen molar-refractivity contribution in [2.75, 3.05) is 6.54 Å². The predicted molar refractivity (Wildman–Crippen MR) is 60.8 cm³/mol. The highest BCUT2D eigenvalue weighted by Crippen LogP contribution is 2.29. The fourth-order valence-electron chi connectivity index (χ4n) is 1.53. The molecular weight excluding hydrogens is 264 g/mol. The highest BCUT2D eigenvalue weighted by molar-refractivity contribution is 9.10. The van der Waals surface area contributed by atoms with Crippen molar-refractivity contribution in [1.82, 2.24) is 5.32 Å². The Morgan fingerprint density at radius 2 is 2.00 bits per heavy atom. The van der Waals surface area contributed by atoms with Gasteiger partial charge in [0, 0.05) is 6.04 Å². The highest BCUT2D eigenvalue weighted by atomic mass is 79.9. The normalized spacial score (nSPS) is 12.9. The van der Waals surface area contributed by atoms with Crippen LogP contribution in [0.5, 0.6) is 0 Å². The van der Waals surface area contributed by atoms with Gasteiger partial charge in [-0.3, -0.25) is 0 Å². The van der Waals surface area contributed by atoms with Gasteiger partial charge in [-0.05, 0) is 40.5 Å². The number of nitrogens with one attached hydrogen (secondary N) is 1. The quantitative estimate of drug-likeness (QED) is 0.826. The summed E-state index contributed by atoms with van der Waals surface area (Å²) in [6.45, 7) is 4.78. The highest BCUT2D eigenvalue weighted by Gasteiger charge is 2.16. The zero-order valence-corrected chi connectivity index (χ0v) is 10.4. The molecule has 84 valence electrons. The number of rotatable bonds is 4. The van der Waals surface area contributed by atoms with E-state index in [1.807, 2.05) is 13.8 Å². The molecule has 0 aliphatic rings. The second-order valence-electron chi connectivity index (χ2n) is 3.28. The van der Waals surface area contributed by atoms with Crippen molar-refractivity contribution in [2.24, 2.45) is 0 Å². The standard InChI is InChI=1S/C11H14BrF2N/c1-3-9(15-4-2)7-5-6-8(13)11(14)10(7)12/h5-6,9,15H,3-4H2,1-2H3. The molecule has 1 unspecified atom stereocenters. The maximum atomic E-state index is 13.3. The van der Waals surface area contributed by atoms with E-state index in [-0.39, 0.29) is 10.5 Å². The van der Waals surface area contributed by atoms with Crippen LogP contribution >= 0.6 is 15.9 Å². The van der Waals surface area contributed by atoms with E-state index in [9.17, 15) is 8.78 Å². The summed E-state index contributed by atoms with van der Waals surface area (Å²) in [6.07, 6.45) is 0.831. The van der Waals surface area contributed by atoms with Gasteiger partial charge in [0.1, 0.15) is 0 Å². The Morgan fingerprint density at radius 3 is 2.53 bits per heavy atom. The van der Waals surface area contributed by atoms with Gasteiger partial charge in [0.15, 0.2) is 11.6 Å². The van der Waals surface area contributed by atoms with Crippen LogP contribution in [0, 0.1) is 11.6 Å². The van der Waals surface area contributed by atoms with Gasteiger partial charge < -0.3 is 5.32 Å². The summed E-state index contributed by atoms with van der Waals surface area (Å²) in [5, 5.41) is 3.22. The lowest BCUT2D eigenvalue weighted by Gasteiger charge is -2.18. The van der Waals surface area contributed by atoms with Crippen molar-refractivity contribution in [3.63, 3.8) is 0 Å². The molecule has 0 aliphatic carbocycles. The maximum Gasteiger partial charge on any atom is 0.173 e. The summed E-state index contributed by atoms with van der Waals surface area (Å²) in [6, 6.07) is 2.83. The summed E-state index contributed by atoms with van der Waals surface area (Å²) >= 11 is 3.09. The molecule has 0 saturated carbocycles. The minimum absolute atomic E-state index is 0.0551. The van der Waals surface area contributed by atoms with E-state index in [2.05, 4.69) is 21.2 Å². The molecule has 1 aromatic carbocycles. The number of halogens is 3. The summed E-state index contributed by atoms with van der Waals surface area (Å²) in [4.78, 5) is 0. The molecule has 1 N–H and O–H groups in total. The summed E-state index contributed by atoms with van der Waals surface area (Å²) < 4.78 is 26.4. The molecule has 0 amide bonds. The minimum atomic E-state index is -0.822. The average Bonchev–Trinajstić information content (AvgIpc) is 2.24. The van der Waals surface area contributed by atoms with Gasteiger partial charge in [-0.2, -0.15) is 0 Å². The van der Waals surface area contributed by atoms with Gasteiger partial charge in [0.25, 0.3) is 0 Å². The SMILES string of the molecule is CCNC(CC)c1ccc(F)c(F)c1Br. The smallest absolute Gasteiger partial charge is 0.173 e. The van der Waals surface area contributed by atoms with Crippen molar-refractivity contribution in [3.8, 4) is 0 Å². The molecule has 0 heterocycles. The topological polar surface area (TPSA) is 12.0 Å². The van der Waals surface area contributed by atoms with Gasteiger partial charge in [-0.1, -0.05) is 19.9 Å². The minimum Gasteiger partial charge on any atom is -0.310 e. The third-order valence-corrected chi connectivity index (χ3v) is 3.11. The summed E-state index contributed by atoms with van der Waals surface area (Å²) in [5.74, 6) is -1.64. The van der Waals surface area contributed by atoms with E-state index in [0.717, 1.165) is 24.6 Å². The first kappa shape index (κ1) is 12.6. The Hall–Kier alpha value is -0.480. The number of hydrogen-bond donors (Lipinski definition) is 1. The third-order valence-electron chi connectivity index (χ3n) is 2.30. The van der Waals surface area contributed by atoms with Crippen molar-refractivity contribution in [3.05, 3.63) is 33.8 Å². The Balaban J connectivity index is 3.07. The van der Waals surface area contributed by atoms with Crippen molar-refractivity contribution in [2.45, 2.75) is 26.3 Å². The maximum absolute atomic E-state index is 13.3. The monoisotopic (exact) mass is 277 g/mol.